The first-order chi connectivity index (χ1) is 15.3. The van der Waals surface area contributed by atoms with Gasteiger partial charge in [-0.15, -0.1) is 0 Å². The smallest absolute Gasteiger partial charge is 0.225 e. The SMILES string of the molecule is CC.CCN(CC(C)(C)COCC(C)(C)CN(Cc1cccc(O)c1)C(C)=O)C(=O)C(C)C. The van der Waals surface area contributed by atoms with Crippen molar-refractivity contribution >= 4 is 11.8 Å². The number of hydrogen-bond acceptors (Lipinski definition) is 4. The van der Waals surface area contributed by atoms with Crippen LogP contribution in [0.1, 0.15) is 74.8 Å². The summed E-state index contributed by atoms with van der Waals surface area (Å²) in [4.78, 5) is 28.3. The van der Waals surface area contributed by atoms with Crippen LogP contribution in [0.4, 0.5) is 0 Å². The molecule has 6 heteroatoms. The lowest BCUT2D eigenvalue weighted by atomic mass is 9.91. The van der Waals surface area contributed by atoms with Gasteiger partial charge in [0.25, 0.3) is 0 Å². The predicted molar refractivity (Wildman–Crippen MR) is 136 cm³/mol. The molecule has 0 unspecified atom stereocenters. The number of carbonyl (C=O) groups is 2. The Kier molecular flexibility index (Phi) is 13.3. The number of benzene rings is 1. The Bertz CT molecular complexity index is 729. The summed E-state index contributed by atoms with van der Waals surface area (Å²) in [6.45, 7) is 23.2. The lowest BCUT2D eigenvalue weighted by Gasteiger charge is -2.35. The zero-order valence-electron chi connectivity index (χ0n) is 22.7. The minimum absolute atomic E-state index is 0.0115. The Hall–Kier alpha value is -2.08. The van der Waals surface area contributed by atoms with E-state index >= 15 is 0 Å². The molecule has 0 bridgehead atoms. The highest BCUT2D eigenvalue weighted by Crippen LogP contribution is 2.24. The van der Waals surface area contributed by atoms with E-state index in [0.29, 0.717) is 39.4 Å². The molecule has 0 aromatic heterocycles. The molecule has 1 N–H and O–H groups in total. The second-order valence-electron chi connectivity index (χ2n) is 10.4. The van der Waals surface area contributed by atoms with Crippen LogP contribution in [-0.4, -0.2) is 59.6 Å². The molecule has 0 aliphatic heterocycles. The van der Waals surface area contributed by atoms with Crippen LogP contribution in [0.3, 0.4) is 0 Å². The highest BCUT2D eigenvalue weighted by atomic mass is 16.5. The minimum atomic E-state index is -0.239. The van der Waals surface area contributed by atoms with Crippen molar-refractivity contribution in [1.82, 2.24) is 9.80 Å². The lowest BCUT2D eigenvalue weighted by Crippen LogP contribution is -2.43. The van der Waals surface area contributed by atoms with Crippen molar-refractivity contribution in [1.29, 1.82) is 0 Å². The fourth-order valence-corrected chi connectivity index (χ4v) is 3.59. The van der Waals surface area contributed by atoms with Gasteiger partial charge in [-0.2, -0.15) is 0 Å². The van der Waals surface area contributed by atoms with Gasteiger partial charge in [0, 0.05) is 49.9 Å². The number of nitrogens with zero attached hydrogens (tertiary/aromatic N) is 2. The Labute approximate surface area is 202 Å². The number of phenols is 1. The summed E-state index contributed by atoms with van der Waals surface area (Å²) in [5, 5.41) is 9.69. The molecule has 6 nitrogen and oxygen atoms in total. The van der Waals surface area contributed by atoms with Gasteiger partial charge >= 0.3 is 0 Å². The normalized spacial score (nSPS) is 11.6. The van der Waals surface area contributed by atoms with Crippen LogP contribution in [0.15, 0.2) is 24.3 Å². The highest BCUT2D eigenvalue weighted by Gasteiger charge is 2.28. The second kappa shape index (κ2) is 14.2. The van der Waals surface area contributed by atoms with Crippen LogP contribution in [0.5, 0.6) is 5.75 Å². The van der Waals surface area contributed by atoms with Gasteiger partial charge in [0.1, 0.15) is 5.75 Å². The molecule has 0 spiro atoms. The summed E-state index contributed by atoms with van der Waals surface area (Å²) < 4.78 is 6.08. The number of amides is 2. The van der Waals surface area contributed by atoms with Crippen LogP contribution in [0, 0.1) is 16.7 Å². The molecule has 0 aliphatic carbocycles. The monoisotopic (exact) mass is 464 g/mol. The molecule has 0 fully saturated rings. The highest BCUT2D eigenvalue weighted by molar-refractivity contribution is 5.78. The summed E-state index contributed by atoms with van der Waals surface area (Å²) >= 11 is 0. The van der Waals surface area contributed by atoms with Gasteiger partial charge in [-0.25, -0.2) is 0 Å². The zero-order valence-corrected chi connectivity index (χ0v) is 22.7. The minimum Gasteiger partial charge on any atom is -0.508 e. The Balaban J connectivity index is 0.00000497. The number of ether oxygens (including phenoxy) is 1. The van der Waals surface area contributed by atoms with Gasteiger partial charge in [-0.3, -0.25) is 9.59 Å². The van der Waals surface area contributed by atoms with Crippen molar-refractivity contribution in [2.45, 2.75) is 75.8 Å². The summed E-state index contributed by atoms with van der Waals surface area (Å²) in [6, 6.07) is 6.98. The third-order valence-corrected chi connectivity index (χ3v) is 5.14. The Morgan fingerprint density at radius 3 is 1.94 bits per heavy atom. The van der Waals surface area contributed by atoms with Gasteiger partial charge in [0.15, 0.2) is 0 Å². The van der Waals surface area contributed by atoms with E-state index in [1.165, 1.54) is 0 Å². The van der Waals surface area contributed by atoms with Crippen LogP contribution in [-0.2, 0) is 20.9 Å². The second-order valence-corrected chi connectivity index (χ2v) is 10.4. The molecule has 0 radical (unpaired) electrons. The fraction of sp³-hybridized carbons (Fsp3) is 0.704. The van der Waals surface area contributed by atoms with Crippen molar-refractivity contribution < 1.29 is 19.4 Å². The maximum absolute atomic E-state index is 12.4. The summed E-state index contributed by atoms with van der Waals surface area (Å²) in [5.41, 5.74) is 0.484. The first-order valence-electron chi connectivity index (χ1n) is 12.2. The van der Waals surface area contributed by atoms with Crippen LogP contribution in [0.25, 0.3) is 0 Å². The summed E-state index contributed by atoms with van der Waals surface area (Å²) in [5.74, 6) is 0.338. The average Bonchev–Trinajstić information content (AvgIpc) is 2.72. The lowest BCUT2D eigenvalue weighted by molar-refractivity contribution is -0.136. The largest absolute Gasteiger partial charge is 0.508 e. The number of rotatable bonds is 12. The molecule has 2 amide bonds. The molecule has 1 aromatic carbocycles. The summed E-state index contributed by atoms with van der Waals surface area (Å²) in [7, 11) is 0. The third kappa shape index (κ3) is 12.1. The third-order valence-electron chi connectivity index (χ3n) is 5.14. The van der Waals surface area contributed by atoms with Crippen molar-refractivity contribution in [3.05, 3.63) is 29.8 Å². The van der Waals surface area contributed by atoms with Crippen LogP contribution < -0.4 is 0 Å². The number of hydrogen-bond donors (Lipinski definition) is 1. The molecule has 0 saturated carbocycles. The number of phenolic OH excluding ortho intramolecular Hbond substituents is 1. The maximum Gasteiger partial charge on any atom is 0.225 e. The van der Waals surface area contributed by atoms with Crippen molar-refractivity contribution in [2.24, 2.45) is 16.7 Å². The standard InChI is InChI=1S/C25H42N2O4.C2H6/c1-9-26(23(30)19(2)3)15-24(5,6)17-31-18-25(7,8)16-27(20(4)28)14-21-11-10-12-22(29)13-21;1-2/h10-13,19,29H,9,14-18H2,1-8H3;1-2H3. The molecule has 0 atom stereocenters. The van der Waals surface area contributed by atoms with Crippen LogP contribution in [0.2, 0.25) is 0 Å². The molecule has 0 aliphatic rings. The maximum atomic E-state index is 12.4. The van der Waals surface area contributed by atoms with E-state index in [-0.39, 0.29) is 34.3 Å². The van der Waals surface area contributed by atoms with Gasteiger partial charge in [-0.1, -0.05) is 67.5 Å². The van der Waals surface area contributed by atoms with Crippen molar-refractivity contribution in [3.63, 3.8) is 0 Å². The average molecular weight is 465 g/mol. The molecular formula is C27H48N2O4. The summed E-state index contributed by atoms with van der Waals surface area (Å²) in [6.07, 6.45) is 0. The molecule has 190 valence electrons. The van der Waals surface area contributed by atoms with Crippen molar-refractivity contribution in [2.75, 3.05) is 32.8 Å². The van der Waals surface area contributed by atoms with E-state index in [1.807, 2.05) is 45.6 Å². The van der Waals surface area contributed by atoms with Crippen LogP contribution >= 0.6 is 0 Å². The quantitative estimate of drug-likeness (QED) is 0.453. The van der Waals surface area contributed by atoms with E-state index in [0.717, 1.165) is 5.56 Å². The van der Waals surface area contributed by atoms with E-state index in [2.05, 4.69) is 27.7 Å². The molecular weight excluding hydrogens is 416 g/mol. The van der Waals surface area contributed by atoms with Crippen molar-refractivity contribution in [3.8, 4) is 5.75 Å². The molecule has 1 aromatic rings. The number of carbonyl (C=O) groups excluding carboxylic acids is 2. The van der Waals surface area contributed by atoms with Gasteiger partial charge in [0.05, 0.1) is 13.2 Å². The van der Waals surface area contributed by atoms with E-state index < -0.39 is 0 Å². The molecule has 33 heavy (non-hydrogen) atoms. The van der Waals surface area contributed by atoms with E-state index in [9.17, 15) is 14.7 Å². The predicted octanol–water partition coefficient (Wildman–Crippen LogP) is 5.34. The molecule has 0 heterocycles. The van der Waals surface area contributed by atoms with Gasteiger partial charge < -0.3 is 19.6 Å². The van der Waals surface area contributed by atoms with E-state index in [1.54, 1.807) is 30.0 Å². The topological polar surface area (TPSA) is 70.1 Å². The number of aromatic hydroxyl groups is 1. The Morgan fingerprint density at radius 2 is 1.52 bits per heavy atom. The van der Waals surface area contributed by atoms with Gasteiger partial charge in [-0.05, 0) is 24.6 Å². The first-order valence-corrected chi connectivity index (χ1v) is 12.2. The Morgan fingerprint density at radius 1 is 1.00 bits per heavy atom. The molecule has 1 rings (SSSR count). The first kappa shape index (κ1) is 30.9. The van der Waals surface area contributed by atoms with E-state index in [4.69, 9.17) is 4.74 Å². The fourth-order valence-electron chi connectivity index (χ4n) is 3.59. The molecule has 0 saturated heterocycles. The van der Waals surface area contributed by atoms with Gasteiger partial charge in [0.2, 0.25) is 11.8 Å². The zero-order chi connectivity index (χ0) is 25.8.